The zero-order valence-corrected chi connectivity index (χ0v) is 14.8. The van der Waals surface area contributed by atoms with Crippen molar-refractivity contribution in [1.82, 2.24) is 9.88 Å². The molecule has 0 saturated carbocycles. The molecular formula is C15H19BrF2N2O3. The fourth-order valence-electron chi connectivity index (χ4n) is 2.24. The highest BCUT2D eigenvalue weighted by Gasteiger charge is 2.48. The van der Waals surface area contributed by atoms with Gasteiger partial charge in [-0.2, -0.15) is 0 Å². The Hall–Kier alpha value is -1.44. The fraction of sp³-hybridized carbons (Fsp3) is 0.600. The predicted molar refractivity (Wildman–Crippen MR) is 83.7 cm³/mol. The third-order valence-corrected chi connectivity index (χ3v) is 3.83. The zero-order chi connectivity index (χ0) is 17.3. The number of pyridine rings is 1. The highest BCUT2D eigenvalue weighted by Crippen LogP contribution is 2.34. The molecule has 1 atom stereocenters. The second kappa shape index (κ2) is 6.59. The minimum Gasteiger partial charge on any atom is -0.489 e. The fourth-order valence-corrected chi connectivity index (χ4v) is 2.57. The van der Waals surface area contributed by atoms with Gasteiger partial charge in [0.05, 0.1) is 23.3 Å². The Bertz CT molecular complexity index is 578. The lowest BCUT2D eigenvalue weighted by Crippen LogP contribution is -2.42. The van der Waals surface area contributed by atoms with E-state index in [1.807, 2.05) is 0 Å². The van der Waals surface area contributed by atoms with Crippen LogP contribution in [0.2, 0.25) is 0 Å². The van der Waals surface area contributed by atoms with Crippen molar-refractivity contribution in [2.24, 2.45) is 0 Å². The standard InChI is InChI=1S/C15H19BrF2N2O3/c1-14(2,3)23-13(21)20-9-15(17,18)6-10(20)8-22-12-7-19-5-4-11(12)16/h4-5,7,10H,6,8-9H2,1-3H3/t10-/m0/s1. The lowest BCUT2D eigenvalue weighted by atomic mass is 10.2. The topological polar surface area (TPSA) is 51.7 Å². The number of aromatic nitrogens is 1. The molecule has 0 unspecified atom stereocenters. The molecule has 1 saturated heterocycles. The molecule has 5 nitrogen and oxygen atoms in total. The summed E-state index contributed by atoms with van der Waals surface area (Å²) in [7, 11) is 0. The first kappa shape index (κ1) is 17.9. The number of nitrogens with zero attached hydrogens (tertiary/aromatic N) is 2. The van der Waals surface area contributed by atoms with Crippen LogP contribution < -0.4 is 4.74 Å². The number of rotatable bonds is 3. The molecule has 0 N–H and O–H groups in total. The Morgan fingerprint density at radius 1 is 1.52 bits per heavy atom. The summed E-state index contributed by atoms with van der Waals surface area (Å²) >= 11 is 3.29. The molecule has 1 aliphatic heterocycles. The van der Waals surface area contributed by atoms with Crippen LogP contribution in [0.25, 0.3) is 0 Å². The molecular weight excluding hydrogens is 374 g/mol. The predicted octanol–water partition coefficient (Wildman–Crippen LogP) is 3.87. The molecule has 1 fully saturated rings. The summed E-state index contributed by atoms with van der Waals surface area (Å²) in [4.78, 5) is 17.1. The smallest absolute Gasteiger partial charge is 0.410 e. The minimum atomic E-state index is -2.95. The van der Waals surface area contributed by atoms with E-state index in [0.29, 0.717) is 10.2 Å². The van der Waals surface area contributed by atoms with E-state index in [1.165, 1.54) is 6.20 Å². The van der Waals surface area contributed by atoms with Crippen LogP contribution in [-0.2, 0) is 4.74 Å². The van der Waals surface area contributed by atoms with Gasteiger partial charge in [0.25, 0.3) is 5.92 Å². The molecule has 1 aromatic rings. The number of hydrogen-bond donors (Lipinski definition) is 0. The zero-order valence-electron chi connectivity index (χ0n) is 13.2. The molecule has 1 aliphatic rings. The van der Waals surface area contributed by atoms with Crippen LogP contribution in [0.1, 0.15) is 27.2 Å². The van der Waals surface area contributed by atoms with Gasteiger partial charge in [0.1, 0.15) is 12.2 Å². The lowest BCUT2D eigenvalue weighted by molar-refractivity contribution is -0.00274. The lowest BCUT2D eigenvalue weighted by Gasteiger charge is -2.28. The van der Waals surface area contributed by atoms with Gasteiger partial charge in [0.15, 0.2) is 5.75 Å². The Kier molecular flexibility index (Phi) is 5.13. The average Bonchev–Trinajstić information content (AvgIpc) is 2.71. The number of amides is 1. The van der Waals surface area contributed by atoms with E-state index < -0.39 is 36.6 Å². The maximum Gasteiger partial charge on any atom is 0.410 e. The van der Waals surface area contributed by atoms with E-state index in [-0.39, 0.29) is 6.61 Å². The van der Waals surface area contributed by atoms with Gasteiger partial charge in [-0.15, -0.1) is 0 Å². The number of carbonyl (C=O) groups excluding carboxylic acids is 1. The molecule has 1 aromatic heterocycles. The average molecular weight is 393 g/mol. The first-order chi connectivity index (χ1) is 10.6. The van der Waals surface area contributed by atoms with Gasteiger partial charge in [0.2, 0.25) is 0 Å². The van der Waals surface area contributed by atoms with Crippen molar-refractivity contribution in [3.8, 4) is 5.75 Å². The molecule has 0 aromatic carbocycles. The molecule has 128 valence electrons. The van der Waals surface area contributed by atoms with Gasteiger partial charge in [-0.1, -0.05) is 0 Å². The third kappa shape index (κ3) is 5.02. The van der Waals surface area contributed by atoms with Crippen molar-refractivity contribution in [2.45, 2.75) is 44.8 Å². The van der Waals surface area contributed by atoms with Gasteiger partial charge in [0, 0.05) is 12.6 Å². The number of halogens is 3. The molecule has 2 rings (SSSR count). The van der Waals surface area contributed by atoms with Crippen LogP contribution in [0.3, 0.4) is 0 Å². The normalized spacial score (nSPS) is 20.4. The van der Waals surface area contributed by atoms with Crippen molar-refractivity contribution in [2.75, 3.05) is 13.2 Å². The van der Waals surface area contributed by atoms with Crippen molar-refractivity contribution >= 4 is 22.0 Å². The SMILES string of the molecule is CC(C)(C)OC(=O)N1CC(F)(F)C[C@H]1COc1cnccc1Br. The Labute approximate surface area is 142 Å². The highest BCUT2D eigenvalue weighted by molar-refractivity contribution is 9.10. The molecule has 8 heteroatoms. The second-order valence-corrected chi connectivity index (χ2v) is 7.29. The van der Waals surface area contributed by atoms with E-state index in [9.17, 15) is 13.6 Å². The summed E-state index contributed by atoms with van der Waals surface area (Å²) in [5, 5.41) is 0. The molecule has 1 amide bonds. The summed E-state index contributed by atoms with van der Waals surface area (Å²) in [6.07, 6.45) is 1.85. The number of carbonyl (C=O) groups is 1. The number of likely N-dealkylation sites (tertiary alicyclic amines) is 1. The summed E-state index contributed by atoms with van der Waals surface area (Å²) in [6, 6.07) is 0.927. The van der Waals surface area contributed by atoms with Crippen molar-refractivity contribution < 1.29 is 23.0 Å². The van der Waals surface area contributed by atoms with Crippen molar-refractivity contribution in [1.29, 1.82) is 0 Å². The van der Waals surface area contributed by atoms with Crippen molar-refractivity contribution in [3.05, 3.63) is 22.9 Å². The van der Waals surface area contributed by atoms with Gasteiger partial charge < -0.3 is 9.47 Å². The third-order valence-electron chi connectivity index (χ3n) is 3.17. The van der Waals surface area contributed by atoms with E-state index in [4.69, 9.17) is 9.47 Å². The summed E-state index contributed by atoms with van der Waals surface area (Å²) in [5.41, 5.74) is -0.743. The highest BCUT2D eigenvalue weighted by atomic mass is 79.9. The van der Waals surface area contributed by atoms with Crippen molar-refractivity contribution in [3.63, 3.8) is 0 Å². The summed E-state index contributed by atoms with van der Waals surface area (Å²) < 4.78 is 38.8. The first-order valence-corrected chi connectivity index (χ1v) is 7.96. The molecule has 2 heterocycles. The van der Waals surface area contributed by atoms with Crippen LogP contribution in [-0.4, -0.2) is 46.7 Å². The van der Waals surface area contributed by atoms with E-state index in [2.05, 4.69) is 20.9 Å². The number of ether oxygens (including phenoxy) is 2. The quantitative estimate of drug-likeness (QED) is 0.783. The maximum absolute atomic E-state index is 13.7. The van der Waals surface area contributed by atoms with E-state index in [0.717, 1.165) is 4.90 Å². The van der Waals surface area contributed by atoms with Gasteiger partial charge >= 0.3 is 6.09 Å². The van der Waals surface area contributed by atoms with Crippen LogP contribution in [0.5, 0.6) is 5.75 Å². The van der Waals surface area contributed by atoms with Gasteiger partial charge in [-0.25, -0.2) is 13.6 Å². The summed E-state index contributed by atoms with van der Waals surface area (Å²) in [5.74, 6) is -2.51. The molecule has 0 spiro atoms. The Balaban J connectivity index is 2.05. The second-order valence-electron chi connectivity index (χ2n) is 6.44. The van der Waals surface area contributed by atoms with Crippen LogP contribution in [0.4, 0.5) is 13.6 Å². The minimum absolute atomic E-state index is 0.0564. The number of hydrogen-bond acceptors (Lipinski definition) is 4. The van der Waals surface area contributed by atoms with Crippen LogP contribution in [0.15, 0.2) is 22.9 Å². The van der Waals surface area contributed by atoms with Gasteiger partial charge in [-0.3, -0.25) is 9.88 Å². The van der Waals surface area contributed by atoms with Gasteiger partial charge in [-0.05, 0) is 42.8 Å². The van der Waals surface area contributed by atoms with E-state index in [1.54, 1.807) is 33.0 Å². The number of alkyl halides is 2. The van der Waals surface area contributed by atoms with E-state index >= 15 is 0 Å². The summed E-state index contributed by atoms with van der Waals surface area (Å²) in [6.45, 7) is 4.36. The first-order valence-electron chi connectivity index (χ1n) is 7.17. The Morgan fingerprint density at radius 2 is 2.22 bits per heavy atom. The molecule has 0 radical (unpaired) electrons. The molecule has 0 bridgehead atoms. The molecule has 0 aliphatic carbocycles. The Morgan fingerprint density at radius 3 is 2.83 bits per heavy atom. The molecule has 23 heavy (non-hydrogen) atoms. The van der Waals surface area contributed by atoms with Crippen LogP contribution >= 0.6 is 15.9 Å². The van der Waals surface area contributed by atoms with Crippen LogP contribution in [0, 0.1) is 0 Å². The monoisotopic (exact) mass is 392 g/mol. The maximum atomic E-state index is 13.7. The largest absolute Gasteiger partial charge is 0.489 e.